The van der Waals surface area contributed by atoms with Gasteiger partial charge in [-0.2, -0.15) is 4.31 Å². The summed E-state index contributed by atoms with van der Waals surface area (Å²) < 4.78 is 27.0. The average Bonchev–Trinajstić information content (AvgIpc) is 2.46. The van der Waals surface area contributed by atoms with Crippen LogP contribution in [0.3, 0.4) is 0 Å². The van der Waals surface area contributed by atoms with Crippen LogP contribution in [0.25, 0.3) is 0 Å². The smallest absolute Gasteiger partial charge is 0.335 e. The fourth-order valence-electron chi connectivity index (χ4n) is 2.54. The Morgan fingerprint density at radius 3 is 2.48 bits per heavy atom. The van der Waals surface area contributed by atoms with E-state index in [0.717, 1.165) is 19.3 Å². The molecule has 116 valence electrons. The highest BCUT2D eigenvalue weighted by Gasteiger charge is 2.30. The first-order valence-electron chi connectivity index (χ1n) is 6.89. The molecule has 1 aliphatic heterocycles. The van der Waals surface area contributed by atoms with Crippen LogP contribution in [0.2, 0.25) is 0 Å². The second kappa shape index (κ2) is 6.46. The monoisotopic (exact) mass is 375 g/mol. The van der Waals surface area contributed by atoms with Crippen LogP contribution in [0.4, 0.5) is 0 Å². The Hall–Kier alpha value is -0.920. The maximum absolute atomic E-state index is 12.6. The number of benzene rings is 1. The summed E-state index contributed by atoms with van der Waals surface area (Å²) in [5, 5.41) is 8.93. The van der Waals surface area contributed by atoms with Gasteiger partial charge in [0.25, 0.3) is 0 Å². The van der Waals surface area contributed by atoms with E-state index in [4.69, 9.17) is 5.11 Å². The lowest BCUT2D eigenvalue weighted by molar-refractivity contribution is 0.0696. The first-order valence-corrected chi connectivity index (χ1v) is 9.12. The Morgan fingerprint density at radius 1 is 1.38 bits per heavy atom. The Bertz CT molecular complexity index is 636. The summed E-state index contributed by atoms with van der Waals surface area (Å²) in [6.45, 7) is 3.16. The van der Waals surface area contributed by atoms with E-state index >= 15 is 0 Å². The lowest BCUT2D eigenvalue weighted by atomic mass is 9.96. The van der Waals surface area contributed by atoms with Crippen molar-refractivity contribution >= 4 is 31.9 Å². The summed E-state index contributed by atoms with van der Waals surface area (Å²) in [7, 11) is -3.57. The maximum Gasteiger partial charge on any atom is 0.335 e. The van der Waals surface area contributed by atoms with Gasteiger partial charge in [-0.1, -0.05) is 13.3 Å². The number of aromatic carboxylic acids is 1. The summed E-state index contributed by atoms with van der Waals surface area (Å²) in [4.78, 5) is 11.0. The van der Waals surface area contributed by atoms with Crippen molar-refractivity contribution in [2.24, 2.45) is 5.92 Å². The Morgan fingerprint density at radius 2 is 2.00 bits per heavy atom. The first kappa shape index (κ1) is 16.5. The molecule has 21 heavy (non-hydrogen) atoms. The van der Waals surface area contributed by atoms with Gasteiger partial charge in [-0.3, -0.25) is 0 Å². The van der Waals surface area contributed by atoms with Gasteiger partial charge in [0.05, 0.1) is 10.5 Å². The Kier molecular flexibility index (Phi) is 5.06. The highest BCUT2D eigenvalue weighted by atomic mass is 79.9. The third kappa shape index (κ3) is 3.46. The van der Waals surface area contributed by atoms with Gasteiger partial charge in [0.1, 0.15) is 0 Å². The zero-order valence-electron chi connectivity index (χ0n) is 11.8. The standard InChI is InChI=1S/C14H18BrNO4S/c1-2-10-5-7-16(8-6-10)21(19,20)13-4-3-11(14(17)18)9-12(13)15/h3-4,9-10H,2,5-8H2,1H3,(H,17,18). The Balaban J connectivity index is 2.26. The van der Waals surface area contributed by atoms with Gasteiger partial charge in [0.15, 0.2) is 0 Å². The topological polar surface area (TPSA) is 74.7 Å². The van der Waals surface area contributed by atoms with E-state index < -0.39 is 16.0 Å². The molecule has 1 aromatic rings. The molecule has 1 aromatic carbocycles. The van der Waals surface area contributed by atoms with E-state index in [1.54, 1.807) is 0 Å². The SMILES string of the molecule is CCC1CCN(S(=O)(=O)c2ccc(C(=O)O)cc2Br)CC1. The second-order valence-corrected chi connectivity index (χ2v) is 7.97. The molecule has 2 rings (SSSR count). The highest BCUT2D eigenvalue weighted by molar-refractivity contribution is 9.10. The lowest BCUT2D eigenvalue weighted by Crippen LogP contribution is -2.38. The summed E-state index contributed by atoms with van der Waals surface area (Å²) in [6.07, 6.45) is 2.83. The zero-order chi connectivity index (χ0) is 15.6. The fraction of sp³-hybridized carbons (Fsp3) is 0.500. The number of carboxylic acid groups (broad SMARTS) is 1. The van der Waals surface area contributed by atoms with E-state index in [9.17, 15) is 13.2 Å². The molecule has 7 heteroatoms. The van der Waals surface area contributed by atoms with Crippen LogP contribution < -0.4 is 0 Å². The first-order chi connectivity index (χ1) is 9.86. The van der Waals surface area contributed by atoms with Crippen LogP contribution >= 0.6 is 15.9 Å². The number of hydrogen-bond acceptors (Lipinski definition) is 3. The zero-order valence-corrected chi connectivity index (χ0v) is 14.2. The minimum Gasteiger partial charge on any atom is -0.478 e. The van der Waals surface area contributed by atoms with E-state index in [1.807, 2.05) is 0 Å². The number of sulfonamides is 1. The van der Waals surface area contributed by atoms with Gasteiger partial charge in [-0.25, -0.2) is 13.2 Å². The van der Waals surface area contributed by atoms with E-state index in [-0.39, 0.29) is 10.5 Å². The molecule has 1 aliphatic rings. The van der Waals surface area contributed by atoms with Gasteiger partial charge in [-0.15, -0.1) is 0 Å². The van der Waals surface area contributed by atoms with Crippen LogP contribution in [0, 0.1) is 5.92 Å². The molecule has 0 aliphatic carbocycles. The summed E-state index contributed by atoms with van der Waals surface area (Å²) in [5.41, 5.74) is 0.0607. The van der Waals surface area contributed by atoms with Gasteiger partial charge in [0.2, 0.25) is 10.0 Å². The molecular weight excluding hydrogens is 358 g/mol. The van der Waals surface area contributed by atoms with Crippen molar-refractivity contribution in [2.45, 2.75) is 31.1 Å². The molecule has 0 unspecified atom stereocenters. The highest BCUT2D eigenvalue weighted by Crippen LogP contribution is 2.29. The molecule has 0 radical (unpaired) electrons. The third-order valence-corrected chi connectivity index (χ3v) is 6.82. The fourth-order valence-corrected chi connectivity index (χ4v) is 5.05. The molecule has 1 N–H and O–H groups in total. The number of hydrogen-bond donors (Lipinski definition) is 1. The van der Waals surface area contributed by atoms with Crippen LogP contribution in [0.5, 0.6) is 0 Å². The number of rotatable bonds is 4. The molecule has 0 amide bonds. The summed E-state index contributed by atoms with van der Waals surface area (Å²) >= 11 is 3.17. The van der Waals surface area contributed by atoms with E-state index in [0.29, 0.717) is 23.5 Å². The second-order valence-electron chi connectivity index (χ2n) is 5.21. The van der Waals surface area contributed by atoms with E-state index in [2.05, 4.69) is 22.9 Å². The summed E-state index contributed by atoms with van der Waals surface area (Å²) in [5.74, 6) is -0.488. The Labute approximate surface area is 133 Å². The molecule has 1 saturated heterocycles. The number of carboxylic acids is 1. The molecule has 0 saturated carbocycles. The third-order valence-electron chi connectivity index (χ3n) is 3.95. The van der Waals surface area contributed by atoms with Crippen LogP contribution in [-0.2, 0) is 10.0 Å². The number of piperidine rings is 1. The molecule has 0 atom stereocenters. The van der Waals surface area contributed by atoms with Crippen LogP contribution in [0.1, 0.15) is 36.5 Å². The minimum atomic E-state index is -3.57. The predicted octanol–water partition coefficient (Wildman–Crippen LogP) is 2.96. The molecular formula is C14H18BrNO4S. The predicted molar refractivity (Wildman–Crippen MR) is 82.9 cm³/mol. The van der Waals surface area contributed by atoms with Gasteiger partial charge < -0.3 is 5.11 Å². The van der Waals surface area contributed by atoms with Gasteiger partial charge in [0, 0.05) is 17.6 Å². The van der Waals surface area contributed by atoms with E-state index in [1.165, 1.54) is 22.5 Å². The van der Waals surface area contributed by atoms with Crippen molar-refractivity contribution in [3.8, 4) is 0 Å². The largest absolute Gasteiger partial charge is 0.478 e. The quantitative estimate of drug-likeness (QED) is 0.877. The lowest BCUT2D eigenvalue weighted by Gasteiger charge is -2.30. The molecule has 5 nitrogen and oxygen atoms in total. The number of halogens is 1. The number of nitrogens with zero attached hydrogens (tertiary/aromatic N) is 1. The molecule has 0 aromatic heterocycles. The average molecular weight is 376 g/mol. The number of carbonyl (C=O) groups is 1. The van der Waals surface area contributed by atoms with Gasteiger partial charge >= 0.3 is 5.97 Å². The van der Waals surface area contributed by atoms with Crippen molar-refractivity contribution in [2.75, 3.05) is 13.1 Å². The molecule has 0 spiro atoms. The summed E-state index contributed by atoms with van der Waals surface area (Å²) in [6, 6.07) is 4.00. The van der Waals surface area contributed by atoms with Crippen molar-refractivity contribution in [3.05, 3.63) is 28.2 Å². The molecule has 1 fully saturated rings. The molecule has 1 heterocycles. The van der Waals surface area contributed by atoms with Crippen molar-refractivity contribution in [1.29, 1.82) is 0 Å². The normalized spacial score (nSPS) is 17.8. The minimum absolute atomic E-state index is 0.0607. The van der Waals surface area contributed by atoms with Crippen molar-refractivity contribution < 1.29 is 18.3 Å². The van der Waals surface area contributed by atoms with Crippen molar-refractivity contribution in [1.82, 2.24) is 4.31 Å². The molecule has 0 bridgehead atoms. The van der Waals surface area contributed by atoms with Crippen LogP contribution in [0.15, 0.2) is 27.6 Å². The van der Waals surface area contributed by atoms with Crippen LogP contribution in [-0.4, -0.2) is 36.9 Å². The maximum atomic E-state index is 12.6. The van der Waals surface area contributed by atoms with Gasteiger partial charge in [-0.05, 0) is 52.9 Å². The van der Waals surface area contributed by atoms with Crippen molar-refractivity contribution in [3.63, 3.8) is 0 Å².